The van der Waals surface area contributed by atoms with Crippen molar-refractivity contribution in [1.29, 1.82) is 0 Å². The van der Waals surface area contributed by atoms with Gasteiger partial charge in [-0.15, -0.1) is 0 Å². The Bertz CT molecular complexity index is 607. The van der Waals surface area contributed by atoms with Crippen LogP contribution in [-0.2, 0) is 27.7 Å². The van der Waals surface area contributed by atoms with E-state index in [0.29, 0.717) is 13.1 Å². The van der Waals surface area contributed by atoms with E-state index in [1.165, 1.54) is 18.2 Å². The molecule has 1 heterocycles. The third-order valence-electron chi connectivity index (χ3n) is 3.89. The molecule has 0 fully saturated rings. The Hall–Kier alpha value is -0.660. The largest absolute Gasteiger partial charge is 0.381 e. The molecule has 1 aliphatic rings. The van der Waals surface area contributed by atoms with E-state index in [9.17, 15) is 8.42 Å². The monoisotopic (exact) mass is 346 g/mol. The Balaban J connectivity index is 1.82. The standard InChI is InChI=1S/C15H23ClN2O3S/c1-12(21-2)11-22(19,20)17-7-9-18-8-6-14-13(10-18)4-3-5-15(14)16/h3-5,12,17H,6-11H2,1-2H3. The minimum atomic E-state index is -3.28. The van der Waals surface area contributed by atoms with Crippen molar-refractivity contribution in [3.8, 4) is 0 Å². The number of sulfonamides is 1. The summed E-state index contributed by atoms with van der Waals surface area (Å²) in [5, 5.41) is 0.825. The van der Waals surface area contributed by atoms with E-state index in [4.69, 9.17) is 16.3 Å². The van der Waals surface area contributed by atoms with Gasteiger partial charge in [0.2, 0.25) is 10.0 Å². The maximum Gasteiger partial charge on any atom is 0.214 e. The molecule has 0 bridgehead atoms. The summed E-state index contributed by atoms with van der Waals surface area (Å²) in [5.74, 6) is -0.0120. The second-order valence-corrected chi connectivity index (χ2v) is 7.88. The number of benzene rings is 1. The molecule has 0 spiro atoms. The number of halogens is 1. The molecule has 1 aromatic rings. The van der Waals surface area contributed by atoms with Crippen LogP contribution in [0, 0.1) is 0 Å². The van der Waals surface area contributed by atoms with Crippen molar-refractivity contribution in [2.45, 2.75) is 26.0 Å². The summed E-state index contributed by atoms with van der Waals surface area (Å²) in [7, 11) is -1.77. The molecule has 1 atom stereocenters. The lowest BCUT2D eigenvalue weighted by Crippen LogP contribution is -2.39. The van der Waals surface area contributed by atoms with Gasteiger partial charge in [-0.2, -0.15) is 0 Å². The molecule has 2 rings (SSSR count). The normalized spacial score (nSPS) is 17.2. The molecule has 0 aromatic heterocycles. The lowest BCUT2D eigenvalue weighted by molar-refractivity contribution is 0.136. The lowest BCUT2D eigenvalue weighted by atomic mass is 10.00. The van der Waals surface area contributed by atoms with E-state index in [-0.39, 0.29) is 11.9 Å². The lowest BCUT2D eigenvalue weighted by Gasteiger charge is -2.29. The molecule has 7 heteroatoms. The fourth-order valence-corrected chi connectivity index (χ4v) is 4.17. The smallest absolute Gasteiger partial charge is 0.214 e. The molecule has 124 valence electrons. The average molecular weight is 347 g/mol. The fraction of sp³-hybridized carbons (Fsp3) is 0.600. The van der Waals surface area contributed by atoms with Crippen LogP contribution in [0.2, 0.25) is 5.02 Å². The zero-order valence-corrected chi connectivity index (χ0v) is 14.6. The second kappa shape index (κ2) is 7.75. The highest BCUT2D eigenvalue weighted by Gasteiger charge is 2.19. The number of hydrogen-bond acceptors (Lipinski definition) is 4. The third kappa shape index (κ3) is 4.93. The molecule has 5 nitrogen and oxygen atoms in total. The van der Waals surface area contributed by atoms with Crippen LogP contribution >= 0.6 is 11.6 Å². The highest BCUT2D eigenvalue weighted by Crippen LogP contribution is 2.25. The summed E-state index contributed by atoms with van der Waals surface area (Å²) in [6.07, 6.45) is 0.601. The van der Waals surface area contributed by atoms with Crippen LogP contribution in [0.3, 0.4) is 0 Å². The molecular weight excluding hydrogens is 324 g/mol. The van der Waals surface area contributed by atoms with Crippen molar-refractivity contribution < 1.29 is 13.2 Å². The first-order valence-corrected chi connectivity index (χ1v) is 9.43. The van der Waals surface area contributed by atoms with Gasteiger partial charge in [-0.25, -0.2) is 13.1 Å². The number of ether oxygens (including phenoxy) is 1. The van der Waals surface area contributed by atoms with Crippen LogP contribution in [0.25, 0.3) is 0 Å². The molecular formula is C15H23ClN2O3S. The zero-order chi connectivity index (χ0) is 16.2. The van der Waals surface area contributed by atoms with Gasteiger partial charge in [-0.1, -0.05) is 23.7 Å². The number of fused-ring (bicyclic) bond motifs is 1. The van der Waals surface area contributed by atoms with E-state index >= 15 is 0 Å². The van der Waals surface area contributed by atoms with Gasteiger partial charge in [0.05, 0.1) is 11.9 Å². The molecule has 0 radical (unpaired) electrons. The first kappa shape index (κ1) is 17.7. The molecule has 0 saturated heterocycles. The van der Waals surface area contributed by atoms with Gasteiger partial charge in [-0.3, -0.25) is 4.90 Å². The Morgan fingerprint density at radius 2 is 2.23 bits per heavy atom. The quantitative estimate of drug-likeness (QED) is 0.815. The molecule has 22 heavy (non-hydrogen) atoms. The van der Waals surface area contributed by atoms with Crippen LogP contribution in [0.4, 0.5) is 0 Å². The predicted octanol–water partition coefficient (Wildman–Crippen LogP) is 1.65. The molecule has 1 aromatic carbocycles. The highest BCUT2D eigenvalue weighted by molar-refractivity contribution is 7.89. The summed E-state index contributed by atoms with van der Waals surface area (Å²) >= 11 is 6.19. The Morgan fingerprint density at radius 3 is 2.95 bits per heavy atom. The molecule has 0 amide bonds. The maximum absolute atomic E-state index is 11.9. The maximum atomic E-state index is 11.9. The topological polar surface area (TPSA) is 58.6 Å². The molecule has 1 N–H and O–H groups in total. The van der Waals surface area contributed by atoms with E-state index in [2.05, 4.69) is 15.7 Å². The number of hydrogen-bond donors (Lipinski definition) is 1. The minimum Gasteiger partial charge on any atom is -0.381 e. The highest BCUT2D eigenvalue weighted by atomic mass is 35.5. The molecule has 1 unspecified atom stereocenters. The number of methoxy groups -OCH3 is 1. The first-order valence-electron chi connectivity index (χ1n) is 7.40. The van der Waals surface area contributed by atoms with E-state index < -0.39 is 10.0 Å². The van der Waals surface area contributed by atoms with E-state index in [1.54, 1.807) is 6.92 Å². The van der Waals surface area contributed by atoms with Crippen LogP contribution in [0.15, 0.2) is 18.2 Å². The molecule has 0 saturated carbocycles. The fourth-order valence-electron chi connectivity index (χ4n) is 2.61. The van der Waals surface area contributed by atoms with Crippen molar-refractivity contribution in [3.63, 3.8) is 0 Å². The van der Waals surface area contributed by atoms with Gasteiger partial charge in [0.1, 0.15) is 0 Å². The molecule has 1 aliphatic heterocycles. The van der Waals surface area contributed by atoms with Crippen LogP contribution < -0.4 is 4.72 Å². The first-order chi connectivity index (χ1) is 10.4. The van der Waals surface area contributed by atoms with Gasteiger partial charge in [0, 0.05) is 38.3 Å². The van der Waals surface area contributed by atoms with E-state index in [0.717, 1.165) is 24.5 Å². The van der Waals surface area contributed by atoms with Crippen molar-refractivity contribution in [3.05, 3.63) is 34.3 Å². The Morgan fingerprint density at radius 1 is 1.45 bits per heavy atom. The Labute approximate surface area is 137 Å². The van der Waals surface area contributed by atoms with Gasteiger partial charge >= 0.3 is 0 Å². The van der Waals surface area contributed by atoms with Gasteiger partial charge in [0.25, 0.3) is 0 Å². The van der Waals surface area contributed by atoms with Crippen molar-refractivity contribution in [2.75, 3.05) is 32.5 Å². The van der Waals surface area contributed by atoms with Crippen LogP contribution in [0.5, 0.6) is 0 Å². The number of nitrogens with one attached hydrogen (secondary N) is 1. The summed E-state index contributed by atoms with van der Waals surface area (Å²) in [6.45, 7) is 4.55. The number of nitrogens with zero attached hydrogens (tertiary/aromatic N) is 1. The summed E-state index contributed by atoms with van der Waals surface area (Å²) in [5.41, 5.74) is 2.45. The van der Waals surface area contributed by atoms with Crippen molar-refractivity contribution >= 4 is 21.6 Å². The minimum absolute atomic E-state index is 0.0120. The second-order valence-electron chi connectivity index (χ2n) is 5.63. The summed E-state index contributed by atoms with van der Waals surface area (Å²) < 4.78 is 31.3. The van der Waals surface area contributed by atoms with Gasteiger partial charge in [0.15, 0.2) is 0 Å². The van der Waals surface area contributed by atoms with Crippen LogP contribution in [-0.4, -0.2) is 51.9 Å². The Kier molecular flexibility index (Phi) is 6.23. The summed E-state index contributed by atoms with van der Waals surface area (Å²) in [4.78, 5) is 2.24. The average Bonchev–Trinajstić information content (AvgIpc) is 2.46. The van der Waals surface area contributed by atoms with Crippen LogP contribution in [0.1, 0.15) is 18.1 Å². The zero-order valence-electron chi connectivity index (χ0n) is 13.0. The van der Waals surface area contributed by atoms with Gasteiger partial charge < -0.3 is 4.74 Å². The van der Waals surface area contributed by atoms with Crippen molar-refractivity contribution in [1.82, 2.24) is 9.62 Å². The summed E-state index contributed by atoms with van der Waals surface area (Å²) in [6, 6.07) is 5.96. The van der Waals surface area contributed by atoms with E-state index in [1.807, 2.05) is 12.1 Å². The predicted molar refractivity (Wildman–Crippen MR) is 88.7 cm³/mol. The van der Waals surface area contributed by atoms with Crippen molar-refractivity contribution in [2.24, 2.45) is 0 Å². The number of rotatable bonds is 7. The SMILES string of the molecule is COC(C)CS(=O)(=O)NCCN1CCc2c(Cl)cccc2C1. The third-order valence-corrected chi connectivity index (χ3v) is 5.80. The van der Waals surface area contributed by atoms with Gasteiger partial charge in [-0.05, 0) is 30.5 Å². The molecule has 0 aliphatic carbocycles.